The van der Waals surface area contributed by atoms with Crippen LogP contribution in [0.15, 0.2) is 106 Å². The van der Waals surface area contributed by atoms with E-state index in [4.69, 9.17) is 16.3 Å². The molecule has 0 unspecified atom stereocenters. The van der Waals surface area contributed by atoms with Gasteiger partial charge in [-0.2, -0.15) is 0 Å². The highest BCUT2D eigenvalue weighted by Crippen LogP contribution is 2.40. The highest BCUT2D eigenvalue weighted by atomic mass is 35.5. The van der Waals surface area contributed by atoms with E-state index in [0.717, 1.165) is 33.8 Å². The third-order valence-electron chi connectivity index (χ3n) is 5.98. The molecular weight excluding hydrogens is 520 g/mol. The first kappa shape index (κ1) is 25.6. The third kappa shape index (κ3) is 5.16. The number of aliphatic hydroxyl groups excluding tert-OH is 1. The maximum Gasteiger partial charge on any atom is 0.344 e. The SMILES string of the molecule is CCOC(=O)C1=C(O)/C(=C/c2cn(Cc3ccccc3)c3ccccc23)SC1=NC(=O)c1ccccc1Cl. The van der Waals surface area contributed by atoms with Gasteiger partial charge in [-0.05, 0) is 36.8 Å². The minimum absolute atomic E-state index is 0.0603. The molecule has 1 aromatic heterocycles. The Labute approximate surface area is 228 Å². The van der Waals surface area contributed by atoms with E-state index in [0.29, 0.717) is 11.4 Å². The Bertz CT molecular complexity index is 1640. The van der Waals surface area contributed by atoms with E-state index >= 15 is 0 Å². The number of aromatic nitrogens is 1. The maximum atomic E-state index is 12.9. The van der Waals surface area contributed by atoms with Crippen LogP contribution in [-0.4, -0.2) is 33.2 Å². The molecule has 8 heteroatoms. The van der Waals surface area contributed by atoms with E-state index in [1.807, 2.05) is 48.7 Å². The minimum atomic E-state index is -0.752. The van der Waals surface area contributed by atoms with Crippen LogP contribution in [0.1, 0.15) is 28.4 Å². The molecular formula is C30H23ClN2O4S. The van der Waals surface area contributed by atoms with E-state index in [1.54, 1.807) is 37.3 Å². The Hall–Kier alpha value is -4.07. The molecule has 2 heterocycles. The topological polar surface area (TPSA) is 80.9 Å². The number of benzene rings is 3. The van der Waals surface area contributed by atoms with Gasteiger partial charge in [0.1, 0.15) is 16.4 Å². The van der Waals surface area contributed by atoms with E-state index in [9.17, 15) is 14.7 Å². The van der Waals surface area contributed by atoms with E-state index < -0.39 is 11.9 Å². The summed E-state index contributed by atoms with van der Waals surface area (Å²) in [4.78, 5) is 30.2. The number of hydrogen-bond donors (Lipinski definition) is 1. The predicted molar refractivity (Wildman–Crippen MR) is 153 cm³/mol. The van der Waals surface area contributed by atoms with Gasteiger partial charge in [-0.3, -0.25) is 4.79 Å². The number of nitrogens with zero attached hydrogens (tertiary/aromatic N) is 2. The molecule has 6 nitrogen and oxygen atoms in total. The summed E-state index contributed by atoms with van der Waals surface area (Å²) in [5.41, 5.74) is 3.10. The molecule has 0 saturated carbocycles. The molecule has 190 valence electrons. The number of esters is 1. The van der Waals surface area contributed by atoms with Gasteiger partial charge in [0.25, 0.3) is 5.91 Å². The van der Waals surface area contributed by atoms with Crippen molar-refractivity contribution in [2.24, 2.45) is 4.99 Å². The van der Waals surface area contributed by atoms with Crippen LogP contribution in [0, 0.1) is 0 Å². The Morgan fingerprint density at radius 1 is 1.03 bits per heavy atom. The second-order valence-corrected chi connectivity index (χ2v) is 9.91. The summed E-state index contributed by atoms with van der Waals surface area (Å²) in [7, 11) is 0. The monoisotopic (exact) mass is 542 g/mol. The van der Waals surface area contributed by atoms with Crippen LogP contribution in [0.25, 0.3) is 17.0 Å². The number of ether oxygens (including phenoxy) is 1. The molecule has 4 aromatic rings. The molecule has 3 aromatic carbocycles. The smallest absolute Gasteiger partial charge is 0.344 e. The van der Waals surface area contributed by atoms with Gasteiger partial charge in [-0.15, -0.1) is 0 Å². The van der Waals surface area contributed by atoms with Crippen molar-refractivity contribution in [2.45, 2.75) is 13.5 Å². The van der Waals surface area contributed by atoms with Gasteiger partial charge < -0.3 is 14.4 Å². The van der Waals surface area contributed by atoms with Crippen molar-refractivity contribution < 1.29 is 19.4 Å². The highest BCUT2D eigenvalue weighted by molar-refractivity contribution is 8.18. The van der Waals surface area contributed by atoms with Crippen molar-refractivity contribution in [1.82, 2.24) is 4.57 Å². The summed E-state index contributed by atoms with van der Waals surface area (Å²) in [5.74, 6) is -1.65. The molecule has 1 amide bonds. The lowest BCUT2D eigenvalue weighted by Crippen LogP contribution is -2.14. The first-order valence-corrected chi connectivity index (χ1v) is 13.2. The van der Waals surface area contributed by atoms with Crippen LogP contribution in [0.2, 0.25) is 5.02 Å². The summed E-state index contributed by atoms with van der Waals surface area (Å²) in [5, 5.41) is 12.4. The molecule has 0 bridgehead atoms. The molecule has 0 aliphatic carbocycles. The summed E-state index contributed by atoms with van der Waals surface area (Å²) >= 11 is 7.21. The number of hydrogen-bond acceptors (Lipinski definition) is 5. The van der Waals surface area contributed by atoms with Gasteiger partial charge in [0.2, 0.25) is 0 Å². The lowest BCUT2D eigenvalue weighted by Gasteiger charge is -2.05. The van der Waals surface area contributed by atoms with E-state index in [-0.39, 0.29) is 33.6 Å². The molecule has 38 heavy (non-hydrogen) atoms. The first-order valence-electron chi connectivity index (χ1n) is 12.0. The molecule has 0 fully saturated rings. The third-order valence-corrected chi connectivity index (χ3v) is 7.33. The fourth-order valence-electron chi connectivity index (χ4n) is 4.22. The lowest BCUT2D eigenvalue weighted by atomic mass is 10.1. The number of rotatable bonds is 6. The maximum absolute atomic E-state index is 12.9. The molecule has 0 saturated heterocycles. The lowest BCUT2D eigenvalue weighted by molar-refractivity contribution is -0.138. The summed E-state index contributed by atoms with van der Waals surface area (Å²) in [6, 6.07) is 24.6. The second-order valence-electron chi connectivity index (χ2n) is 8.47. The Morgan fingerprint density at radius 2 is 1.74 bits per heavy atom. The van der Waals surface area contributed by atoms with Crippen molar-refractivity contribution in [3.8, 4) is 0 Å². The van der Waals surface area contributed by atoms with E-state index in [2.05, 4.69) is 21.7 Å². The molecule has 1 N–H and O–H groups in total. The zero-order chi connectivity index (χ0) is 26.6. The molecule has 1 aliphatic rings. The minimum Gasteiger partial charge on any atom is -0.506 e. The predicted octanol–water partition coefficient (Wildman–Crippen LogP) is 7.04. The Kier molecular flexibility index (Phi) is 7.49. The zero-order valence-corrected chi connectivity index (χ0v) is 22.0. The average molecular weight is 543 g/mol. The average Bonchev–Trinajstić information content (AvgIpc) is 3.41. The Morgan fingerprint density at radius 3 is 2.50 bits per heavy atom. The van der Waals surface area contributed by atoms with Gasteiger partial charge >= 0.3 is 5.97 Å². The fraction of sp³-hybridized carbons (Fsp3) is 0.100. The van der Waals surface area contributed by atoms with Gasteiger partial charge in [0.05, 0.1) is 22.1 Å². The molecule has 0 radical (unpaired) electrons. The van der Waals surface area contributed by atoms with Gasteiger partial charge in [0.15, 0.2) is 0 Å². The van der Waals surface area contributed by atoms with Gasteiger partial charge in [-0.25, -0.2) is 9.79 Å². The Balaban J connectivity index is 1.56. The van der Waals surface area contributed by atoms with Crippen LogP contribution >= 0.6 is 23.4 Å². The van der Waals surface area contributed by atoms with Crippen LogP contribution in [0.3, 0.4) is 0 Å². The number of fused-ring (bicyclic) bond motifs is 1. The standard InChI is InChI=1S/C30H23ClN2O4S/c1-2-37-30(36)26-27(34)25(38-29(26)32-28(35)22-13-6-8-14-23(22)31)16-20-18-33(17-19-10-4-3-5-11-19)24-15-9-7-12-21(20)24/h3-16,18,34H,2,17H2,1H3/b25-16-,32-29?. The number of aliphatic hydroxyl groups is 1. The summed E-state index contributed by atoms with van der Waals surface area (Å²) < 4.78 is 7.30. The normalized spacial score (nSPS) is 15.5. The van der Waals surface area contributed by atoms with Crippen molar-refractivity contribution in [3.63, 3.8) is 0 Å². The van der Waals surface area contributed by atoms with Gasteiger partial charge in [0, 0.05) is 29.2 Å². The zero-order valence-electron chi connectivity index (χ0n) is 20.4. The summed E-state index contributed by atoms with van der Waals surface area (Å²) in [6.45, 7) is 2.45. The largest absolute Gasteiger partial charge is 0.506 e. The number of carbonyl (C=O) groups is 2. The molecule has 0 atom stereocenters. The van der Waals surface area contributed by atoms with Crippen LogP contribution in [0.5, 0.6) is 0 Å². The number of para-hydroxylation sites is 1. The van der Waals surface area contributed by atoms with Crippen LogP contribution in [0.4, 0.5) is 0 Å². The molecule has 0 spiro atoms. The first-order chi connectivity index (χ1) is 18.5. The fourth-order valence-corrected chi connectivity index (χ4v) is 5.44. The van der Waals surface area contributed by atoms with Crippen LogP contribution in [-0.2, 0) is 16.1 Å². The van der Waals surface area contributed by atoms with Crippen molar-refractivity contribution in [2.75, 3.05) is 6.61 Å². The molecule has 5 rings (SSSR count). The quantitative estimate of drug-likeness (QED) is 0.264. The number of halogens is 1. The molecule has 1 aliphatic heterocycles. The number of thioether (sulfide) groups is 1. The van der Waals surface area contributed by atoms with Crippen molar-refractivity contribution >= 4 is 57.3 Å². The number of aliphatic imine (C=N–C) groups is 1. The summed E-state index contributed by atoms with van der Waals surface area (Å²) in [6.07, 6.45) is 3.80. The van der Waals surface area contributed by atoms with Crippen LogP contribution < -0.4 is 0 Å². The van der Waals surface area contributed by atoms with Gasteiger partial charge in [-0.1, -0.05) is 84.0 Å². The van der Waals surface area contributed by atoms with Crippen molar-refractivity contribution in [3.05, 3.63) is 123 Å². The second kappa shape index (κ2) is 11.1. The number of carbonyl (C=O) groups excluding carboxylic acids is 2. The highest BCUT2D eigenvalue weighted by Gasteiger charge is 2.34. The van der Waals surface area contributed by atoms with Crippen molar-refractivity contribution in [1.29, 1.82) is 0 Å². The number of amides is 1. The van der Waals surface area contributed by atoms with E-state index in [1.165, 1.54) is 0 Å².